The van der Waals surface area contributed by atoms with Crippen LogP contribution in [0.1, 0.15) is 20.3 Å². The van der Waals surface area contributed by atoms with E-state index in [4.69, 9.17) is 10.5 Å². The second-order valence-electron chi connectivity index (χ2n) is 4.56. The first-order valence-electron chi connectivity index (χ1n) is 7.03. The zero-order valence-electron chi connectivity index (χ0n) is 12.8. The molecule has 0 aliphatic rings. The van der Waals surface area contributed by atoms with Crippen LogP contribution in [0.2, 0.25) is 0 Å². The first kappa shape index (κ1) is 17.6. The molecule has 7 heteroatoms. The van der Waals surface area contributed by atoms with Gasteiger partial charge in [-0.3, -0.25) is 14.4 Å². The number of amides is 3. The van der Waals surface area contributed by atoms with E-state index in [-0.39, 0.29) is 5.69 Å². The van der Waals surface area contributed by atoms with Gasteiger partial charge < -0.3 is 15.8 Å². The number of nitrogens with two attached hydrogens (primary N) is 1. The third kappa shape index (κ3) is 5.17. The topological polar surface area (TPSA) is 102 Å². The molecule has 1 aromatic carbocycles. The summed E-state index contributed by atoms with van der Waals surface area (Å²) in [6, 6.07) is 6.23. The Morgan fingerprint density at radius 3 is 2.64 bits per heavy atom. The molecule has 22 heavy (non-hydrogen) atoms. The maximum atomic E-state index is 12.1. The molecule has 0 aromatic heterocycles. The second kappa shape index (κ2) is 8.78. The fourth-order valence-corrected chi connectivity index (χ4v) is 1.80. The van der Waals surface area contributed by atoms with Crippen LogP contribution < -0.4 is 16.0 Å². The minimum Gasteiger partial charge on any atom is -0.399 e. The Hall–Kier alpha value is -2.41. The Balaban J connectivity index is 2.69. The number of imide groups is 1. The molecule has 3 amide bonds. The maximum Gasteiger partial charge on any atom is 0.323 e. The molecule has 0 unspecified atom stereocenters. The van der Waals surface area contributed by atoms with Crippen LogP contribution >= 0.6 is 0 Å². The fraction of sp³-hybridized carbons (Fsp3) is 0.400. The predicted molar refractivity (Wildman–Crippen MR) is 83.1 cm³/mol. The van der Waals surface area contributed by atoms with Crippen molar-refractivity contribution in [3.05, 3.63) is 24.3 Å². The van der Waals surface area contributed by atoms with Gasteiger partial charge in [0.05, 0.1) is 5.69 Å². The summed E-state index contributed by atoms with van der Waals surface area (Å²) in [6.45, 7) is 4.48. The van der Waals surface area contributed by atoms with Crippen molar-refractivity contribution in [2.45, 2.75) is 20.3 Å². The third-order valence-corrected chi connectivity index (χ3v) is 2.80. The molecule has 0 spiro atoms. The first-order valence-corrected chi connectivity index (χ1v) is 7.03. The van der Waals surface area contributed by atoms with Gasteiger partial charge in [-0.1, -0.05) is 6.07 Å². The molecule has 0 bridgehead atoms. The van der Waals surface area contributed by atoms with Crippen molar-refractivity contribution in [1.29, 1.82) is 0 Å². The highest BCUT2D eigenvalue weighted by Gasteiger charge is 2.26. The number of carbonyl (C=O) groups excluding carboxylic acids is 3. The Bertz CT molecular complexity index is 545. The molecule has 120 valence electrons. The van der Waals surface area contributed by atoms with Gasteiger partial charge in [0.25, 0.3) is 0 Å². The van der Waals surface area contributed by atoms with Gasteiger partial charge >= 0.3 is 11.8 Å². The molecule has 3 N–H and O–H groups in total. The van der Waals surface area contributed by atoms with Crippen LogP contribution in [0, 0.1) is 0 Å². The molecule has 0 atom stereocenters. The molecule has 0 aliphatic carbocycles. The van der Waals surface area contributed by atoms with E-state index in [0.29, 0.717) is 31.9 Å². The third-order valence-electron chi connectivity index (χ3n) is 2.80. The van der Waals surface area contributed by atoms with Crippen molar-refractivity contribution in [3.8, 4) is 0 Å². The SMILES string of the molecule is CCOCCCNC(=O)C(=O)N(C(C)=O)c1cccc(N)c1. The van der Waals surface area contributed by atoms with E-state index in [2.05, 4.69) is 5.32 Å². The lowest BCUT2D eigenvalue weighted by Gasteiger charge is -2.19. The number of hydrogen-bond donors (Lipinski definition) is 2. The normalized spacial score (nSPS) is 10.1. The summed E-state index contributed by atoms with van der Waals surface area (Å²) in [6.07, 6.45) is 0.589. The zero-order valence-corrected chi connectivity index (χ0v) is 12.8. The average molecular weight is 307 g/mol. The molecular formula is C15H21N3O4. The number of anilines is 2. The van der Waals surface area contributed by atoms with Crippen LogP contribution in [0.15, 0.2) is 24.3 Å². The Labute approximate surface area is 129 Å². The van der Waals surface area contributed by atoms with Crippen molar-refractivity contribution in [2.24, 2.45) is 0 Å². The molecule has 0 heterocycles. The summed E-state index contributed by atoms with van der Waals surface area (Å²) in [7, 11) is 0. The van der Waals surface area contributed by atoms with Gasteiger partial charge in [0.15, 0.2) is 0 Å². The van der Waals surface area contributed by atoms with Crippen LogP contribution in [0.5, 0.6) is 0 Å². The van der Waals surface area contributed by atoms with Crippen LogP contribution in [0.25, 0.3) is 0 Å². The van der Waals surface area contributed by atoms with Gasteiger partial charge in [0.2, 0.25) is 5.91 Å². The highest BCUT2D eigenvalue weighted by molar-refractivity contribution is 6.45. The molecule has 0 saturated carbocycles. The number of hydrogen-bond acceptors (Lipinski definition) is 5. The average Bonchev–Trinajstić information content (AvgIpc) is 2.46. The van der Waals surface area contributed by atoms with E-state index < -0.39 is 17.7 Å². The van der Waals surface area contributed by atoms with Gasteiger partial charge in [0.1, 0.15) is 0 Å². The van der Waals surface area contributed by atoms with Crippen LogP contribution in [-0.2, 0) is 19.1 Å². The van der Waals surface area contributed by atoms with Gasteiger partial charge in [-0.25, -0.2) is 4.90 Å². The Morgan fingerprint density at radius 1 is 1.32 bits per heavy atom. The molecule has 0 fully saturated rings. The standard InChI is InChI=1S/C15H21N3O4/c1-3-22-9-5-8-17-14(20)15(21)18(11(2)19)13-7-4-6-12(16)10-13/h4,6-7,10H,3,5,8-9,16H2,1-2H3,(H,17,20). The summed E-state index contributed by atoms with van der Waals surface area (Å²) in [4.78, 5) is 36.5. The minimum absolute atomic E-state index is 0.266. The second-order valence-corrected chi connectivity index (χ2v) is 4.56. The smallest absolute Gasteiger partial charge is 0.323 e. The maximum absolute atomic E-state index is 12.1. The van der Waals surface area contributed by atoms with Crippen molar-refractivity contribution in [3.63, 3.8) is 0 Å². The molecule has 1 aromatic rings. The largest absolute Gasteiger partial charge is 0.399 e. The zero-order chi connectivity index (χ0) is 16.5. The number of nitrogens with one attached hydrogen (secondary N) is 1. The minimum atomic E-state index is -0.936. The number of carbonyl (C=O) groups is 3. The Kier molecular flexibility index (Phi) is 7.04. The molecule has 0 radical (unpaired) electrons. The number of nitrogen functional groups attached to an aromatic ring is 1. The van der Waals surface area contributed by atoms with E-state index in [1.807, 2.05) is 6.92 Å². The van der Waals surface area contributed by atoms with Crippen molar-refractivity contribution in [1.82, 2.24) is 5.32 Å². The summed E-state index contributed by atoms with van der Waals surface area (Å²) < 4.78 is 5.13. The van der Waals surface area contributed by atoms with E-state index in [9.17, 15) is 14.4 Å². The van der Waals surface area contributed by atoms with Gasteiger partial charge in [-0.05, 0) is 31.5 Å². The molecule has 0 aliphatic heterocycles. The quantitative estimate of drug-likeness (QED) is 0.457. The summed E-state index contributed by atoms with van der Waals surface area (Å²) in [5.41, 5.74) is 6.30. The van der Waals surface area contributed by atoms with Crippen molar-refractivity contribution in [2.75, 3.05) is 30.4 Å². The Morgan fingerprint density at radius 2 is 2.05 bits per heavy atom. The summed E-state index contributed by atoms with van der Waals surface area (Å²) in [5.74, 6) is -2.33. The van der Waals surface area contributed by atoms with Crippen molar-refractivity contribution < 1.29 is 19.1 Å². The fourth-order valence-electron chi connectivity index (χ4n) is 1.80. The molecule has 7 nitrogen and oxygen atoms in total. The summed E-state index contributed by atoms with van der Waals surface area (Å²) >= 11 is 0. The van der Waals surface area contributed by atoms with Crippen LogP contribution in [0.4, 0.5) is 11.4 Å². The highest BCUT2D eigenvalue weighted by atomic mass is 16.5. The lowest BCUT2D eigenvalue weighted by molar-refractivity contribution is -0.139. The van der Waals surface area contributed by atoms with Gasteiger partial charge in [-0.15, -0.1) is 0 Å². The lowest BCUT2D eigenvalue weighted by atomic mass is 10.2. The van der Waals surface area contributed by atoms with Crippen molar-refractivity contribution >= 4 is 29.1 Å². The number of ether oxygens (including phenoxy) is 1. The van der Waals surface area contributed by atoms with E-state index in [1.54, 1.807) is 12.1 Å². The molecule has 1 rings (SSSR count). The number of benzene rings is 1. The lowest BCUT2D eigenvalue weighted by Crippen LogP contribution is -2.45. The summed E-state index contributed by atoms with van der Waals surface area (Å²) in [5, 5.41) is 2.47. The molecular weight excluding hydrogens is 286 g/mol. The van der Waals surface area contributed by atoms with Gasteiger partial charge in [0, 0.05) is 32.4 Å². The van der Waals surface area contributed by atoms with E-state index >= 15 is 0 Å². The van der Waals surface area contributed by atoms with E-state index in [1.165, 1.54) is 19.1 Å². The number of nitrogens with zero attached hydrogens (tertiary/aromatic N) is 1. The predicted octanol–water partition coefficient (Wildman–Crippen LogP) is 0.691. The van der Waals surface area contributed by atoms with Gasteiger partial charge in [-0.2, -0.15) is 0 Å². The highest BCUT2D eigenvalue weighted by Crippen LogP contribution is 2.18. The molecule has 0 saturated heterocycles. The van der Waals surface area contributed by atoms with E-state index in [0.717, 1.165) is 4.90 Å². The monoisotopic (exact) mass is 307 g/mol. The van der Waals surface area contributed by atoms with Crippen LogP contribution in [0.3, 0.4) is 0 Å². The number of rotatable bonds is 6. The van der Waals surface area contributed by atoms with Crippen LogP contribution in [-0.4, -0.2) is 37.5 Å². The first-order chi connectivity index (χ1) is 10.5.